The predicted molar refractivity (Wildman–Crippen MR) is 130 cm³/mol. The highest BCUT2D eigenvalue weighted by molar-refractivity contribution is 5.89. The number of benzene rings is 2. The number of nitrogens with one attached hydrogen (secondary N) is 4. The normalized spacial score (nSPS) is 11.1. The van der Waals surface area contributed by atoms with Crippen molar-refractivity contribution < 1.29 is 14.3 Å². The van der Waals surface area contributed by atoms with Crippen LogP contribution in [-0.4, -0.2) is 45.3 Å². The Kier molecular flexibility index (Phi) is 10.2. The summed E-state index contributed by atoms with van der Waals surface area (Å²) in [6.07, 6.45) is 0.823. The van der Waals surface area contributed by atoms with E-state index in [4.69, 9.17) is 9.47 Å². The first kappa shape index (κ1) is 24.8. The molecule has 8 nitrogen and oxygen atoms in total. The lowest BCUT2D eigenvalue weighted by Gasteiger charge is -2.13. The highest BCUT2D eigenvalue weighted by Gasteiger charge is 2.06. The van der Waals surface area contributed by atoms with Gasteiger partial charge < -0.3 is 30.7 Å². The smallest absolute Gasteiger partial charge is 0.319 e. The fraction of sp³-hybridized carbons (Fsp3) is 0.417. The summed E-state index contributed by atoms with van der Waals surface area (Å²) in [4.78, 5) is 16.4. The minimum Gasteiger partial charge on any atom is -0.493 e. The number of carbonyl (C=O) groups excluding carboxylic acids is 1. The van der Waals surface area contributed by atoms with Crippen LogP contribution in [0.2, 0.25) is 0 Å². The monoisotopic (exact) mass is 441 g/mol. The fourth-order valence-corrected chi connectivity index (χ4v) is 3.00. The minimum atomic E-state index is -0.209. The minimum absolute atomic E-state index is 0.0901. The van der Waals surface area contributed by atoms with Crippen molar-refractivity contribution in [2.75, 3.05) is 32.6 Å². The Hall–Kier alpha value is -3.42. The SMILES string of the molecule is CCNC(=NCc1ccc(NC(=O)NC(C)C)cc1)NCCc1ccc(OC)c(OC)c1. The Balaban J connectivity index is 1.89. The van der Waals surface area contributed by atoms with Crippen LogP contribution in [0.25, 0.3) is 0 Å². The summed E-state index contributed by atoms with van der Waals surface area (Å²) >= 11 is 0. The molecule has 0 heterocycles. The third kappa shape index (κ3) is 8.37. The number of methoxy groups -OCH3 is 2. The van der Waals surface area contributed by atoms with Crippen molar-refractivity contribution in [3.8, 4) is 11.5 Å². The highest BCUT2D eigenvalue weighted by Crippen LogP contribution is 2.27. The number of urea groups is 1. The summed E-state index contributed by atoms with van der Waals surface area (Å²) in [7, 11) is 3.27. The summed E-state index contributed by atoms with van der Waals surface area (Å²) in [5.41, 5.74) is 2.95. The van der Waals surface area contributed by atoms with Gasteiger partial charge in [0.05, 0.1) is 20.8 Å². The zero-order valence-electron chi connectivity index (χ0n) is 19.6. The third-order valence-corrected chi connectivity index (χ3v) is 4.55. The molecule has 0 saturated heterocycles. The van der Waals surface area contributed by atoms with Gasteiger partial charge in [0.2, 0.25) is 0 Å². The summed E-state index contributed by atoms with van der Waals surface area (Å²) in [5.74, 6) is 2.21. The van der Waals surface area contributed by atoms with Crippen molar-refractivity contribution >= 4 is 17.7 Å². The maximum absolute atomic E-state index is 11.8. The van der Waals surface area contributed by atoms with Gasteiger partial charge in [-0.2, -0.15) is 0 Å². The van der Waals surface area contributed by atoms with E-state index in [-0.39, 0.29) is 12.1 Å². The van der Waals surface area contributed by atoms with Crippen LogP contribution in [0.5, 0.6) is 11.5 Å². The number of guanidine groups is 1. The van der Waals surface area contributed by atoms with Crippen LogP contribution < -0.4 is 30.7 Å². The summed E-state index contributed by atoms with van der Waals surface area (Å²) in [6, 6.07) is 13.5. The molecule has 0 saturated carbocycles. The van der Waals surface area contributed by atoms with E-state index in [0.717, 1.165) is 53.8 Å². The van der Waals surface area contributed by atoms with E-state index in [1.54, 1.807) is 14.2 Å². The average molecular weight is 442 g/mol. The number of hydrogen-bond donors (Lipinski definition) is 4. The molecule has 0 aromatic heterocycles. The van der Waals surface area contributed by atoms with E-state index in [1.807, 2.05) is 63.2 Å². The standard InChI is InChI=1S/C24H35N5O3/c1-6-25-23(26-14-13-18-9-12-21(31-4)22(15-18)32-5)27-16-19-7-10-20(11-8-19)29-24(30)28-17(2)3/h7-12,15,17H,6,13-14,16H2,1-5H3,(H2,25,26,27)(H2,28,29,30). The van der Waals surface area contributed by atoms with Crippen molar-refractivity contribution in [2.45, 2.75) is 39.8 Å². The molecule has 0 bridgehead atoms. The van der Waals surface area contributed by atoms with Crippen molar-refractivity contribution in [1.29, 1.82) is 0 Å². The molecular formula is C24H35N5O3. The van der Waals surface area contributed by atoms with Crippen molar-refractivity contribution in [3.05, 3.63) is 53.6 Å². The molecule has 2 rings (SSSR count). The number of aliphatic imine (C=N–C) groups is 1. The highest BCUT2D eigenvalue weighted by atomic mass is 16.5. The van der Waals surface area contributed by atoms with E-state index >= 15 is 0 Å². The lowest BCUT2D eigenvalue weighted by atomic mass is 10.1. The first-order valence-corrected chi connectivity index (χ1v) is 10.8. The Labute approximate surface area is 190 Å². The number of hydrogen-bond acceptors (Lipinski definition) is 4. The van der Waals surface area contributed by atoms with Gasteiger partial charge in [0.15, 0.2) is 17.5 Å². The Morgan fingerprint density at radius 3 is 2.28 bits per heavy atom. The molecule has 0 aliphatic heterocycles. The maximum Gasteiger partial charge on any atom is 0.319 e. The van der Waals surface area contributed by atoms with Crippen LogP contribution in [0, 0.1) is 0 Å². The van der Waals surface area contributed by atoms with Crippen LogP contribution in [0.1, 0.15) is 31.9 Å². The second kappa shape index (κ2) is 13.1. The van der Waals surface area contributed by atoms with Crippen molar-refractivity contribution in [2.24, 2.45) is 4.99 Å². The third-order valence-electron chi connectivity index (χ3n) is 4.55. The molecule has 2 amide bonds. The lowest BCUT2D eigenvalue weighted by Crippen LogP contribution is -2.38. The van der Waals surface area contributed by atoms with Gasteiger partial charge in [-0.25, -0.2) is 9.79 Å². The van der Waals surface area contributed by atoms with Crippen molar-refractivity contribution in [3.63, 3.8) is 0 Å². The van der Waals surface area contributed by atoms with Gasteiger partial charge >= 0.3 is 6.03 Å². The number of anilines is 1. The Morgan fingerprint density at radius 1 is 0.969 bits per heavy atom. The van der Waals surface area contributed by atoms with Gasteiger partial charge in [-0.1, -0.05) is 18.2 Å². The summed E-state index contributed by atoms with van der Waals surface area (Å²) < 4.78 is 10.7. The van der Waals surface area contributed by atoms with E-state index in [1.165, 1.54) is 0 Å². The molecule has 4 N–H and O–H groups in total. The van der Waals surface area contributed by atoms with E-state index in [2.05, 4.69) is 26.3 Å². The van der Waals surface area contributed by atoms with E-state index < -0.39 is 0 Å². The first-order chi connectivity index (χ1) is 15.4. The van der Waals surface area contributed by atoms with Gasteiger partial charge in [0.25, 0.3) is 0 Å². The molecule has 8 heteroatoms. The van der Waals surface area contributed by atoms with Crippen LogP contribution >= 0.6 is 0 Å². The van der Waals surface area contributed by atoms with Crippen LogP contribution in [0.15, 0.2) is 47.5 Å². The molecule has 0 aliphatic carbocycles. The molecule has 0 spiro atoms. The summed E-state index contributed by atoms with van der Waals surface area (Å²) in [6.45, 7) is 7.92. The van der Waals surface area contributed by atoms with E-state index in [9.17, 15) is 4.79 Å². The number of ether oxygens (including phenoxy) is 2. The first-order valence-electron chi connectivity index (χ1n) is 10.8. The van der Waals surface area contributed by atoms with Gasteiger partial charge in [-0.05, 0) is 62.6 Å². The average Bonchev–Trinajstić information content (AvgIpc) is 2.77. The van der Waals surface area contributed by atoms with Crippen LogP contribution in [0.4, 0.5) is 10.5 Å². The molecule has 0 fully saturated rings. The molecular weight excluding hydrogens is 406 g/mol. The number of nitrogens with zero attached hydrogens (tertiary/aromatic N) is 1. The fourth-order valence-electron chi connectivity index (χ4n) is 3.00. The van der Waals surface area contributed by atoms with Crippen molar-refractivity contribution in [1.82, 2.24) is 16.0 Å². The van der Waals surface area contributed by atoms with Crippen LogP contribution in [-0.2, 0) is 13.0 Å². The largest absolute Gasteiger partial charge is 0.493 e. The molecule has 2 aromatic rings. The topological polar surface area (TPSA) is 96.0 Å². The summed E-state index contributed by atoms with van der Waals surface area (Å²) in [5, 5.41) is 12.2. The molecule has 174 valence electrons. The molecule has 0 radical (unpaired) electrons. The maximum atomic E-state index is 11.8. The zero-order chi connectivity index (χ0) is 23.3. The molecule has 32 heavy (non-hydrogen) atoms. The van der Waals surface area contributed by atoms with Gasteiger partial charge in [0.1, 0.15) is 0 Å². The van der Waals surface area contributed by atoms with Gasteiger partial charge in [-0.3, -0.25) is 0 Å². The number of amides is 2. The Bertz CT molecular complexity index is 882. The van der Waals surface area contributed by atoms with Gasteiger partial charge in [0, 0.05) is 24.8 Å². The second-order valence-electron chi connectivity index (χ2n) is 7.51. The van der Waals surface area contributed by atoms with E-state index in [0.29, 0.717) is 6.54 Å². The lowest BCUT2D eigenvalue weighted by molar-refractivity contribution is 0.250. The molecule has 2 aromatic carbocycles. The Morgan fingerprint density at radius 2 is 1.66 bits per heavy atom. The molecule has 0 aliphatic rings. The zero-order valence-corrected chi connectivity index (χ0v) is 19.6. The molecule has 0 unspecified atom stereocenters. The predicted octanol–water partition coefficient (Wildman–Crippen LogP) is 3.53. The van der Waals surface area contributed by atoms with Gasteiger partial charge in [-0.15, -0.1) is 0 Å². The van der Waals surface area contributed by atoms with Crippen LogP contribution in [0.3, 0.4) is 0 Å². The molecule has 0 atom stereocenters. The quantitative estimate of drug-likeness (QED) is 0.334. The number of rotatable bonds is 10. The second-order valence-corrected chi connectivity index (χ2v) is 7.51. The number of carbonyl (C=O) groups is 1.